The van der Waals surface area contributed by atoms with E-state index < -0.39 is 5.97 Å². The monoisotopic (exact) mass is 232 g/mol. The zero-order chi connectivity index (χ0) is 12.6. The molecule has 2 aromatic rings. The van der Waals surface area contributed by atoms with Crippen molar-refractivity contribution in [2.45, 2.75) is 33.2 Å². The third-order valence-electron chi connectivity index (χ3n) is 3.14. The molecule has 90 valence electrons. The van der Waals surface area contributed by atoms with Gasteiger partial charge < -0.3 is 9.67 Å². The van der Waals surface area contributed by atoms with Crippen molar-refractivity contribution in [2.24, 2.45) is 0 Å². The van der Waals surface area contributed by atoms with Crippen LogP contribution in [0.3, 0.4) is 0 Å². The molecule has 1 heterocycles. The summed E-state index contributed by atoms with van der Waals surface area (Å²) in [6, 6.07) is 4.02. The Hall–Kier alpha value is -1.84. The van der Waals surface area contributed by atoms with Crippen molar-refractivity contribution < 1.29 is 9.90 Å². The molecule has 0 spiro atoms. The lowest BCUT2D eigenvalue weighted by Gasteiger charge is -2.12. The van der Waals surface area contributed by atoms with Crippen LogP contribution in [0.15, 0.2) is 18.5 Å². The molecule has 17 heavy (non-hydrogen) atoms. The second-order valence-electron chi connectivity index (χ2n) is 4.52. The Morgan fingerprint density at radius 1 is 1.41 bits per heavy atom. The zero-order valence-corrected chi connectivity index (χ0v) is 10.3. The van der Waals surface area contributed by atoms with Gasteiger partial charge in [-0.05, 0) is 44.0 Å². The number of aliphatic carboxylic acids is 1. The largest absolute Gasteiger partial charge is 0.481 e. The maximum Gasteiger partial charge on any atom is 0.305 e. The van der Waals surface area contributed by atoms with Crippen molar-refractivity contribution in [1.29, 1.82) is 0 Å². The fourth-order valence-corrected chi connectivity index (χ4v) is 1.98. The van der Waals surface area contributed by atoms with Crippen molar-refractivity contribution in [2.75, 3.05) is 0 Å². The summed E-state index contributed by atoms with van der Waals surface area (Å²) < 4.78 is 1.93. The number of fused-ring (bicyclic) bond motifs is 1. The highest BCUT2D eigenvalue weighted by molar-refractivity contribution is 5.77. The van der Waals surface area contributed by atoms with Crippen LogP contribution < -0.4 is 0 Å². The summed E-state index contributed by atoms with van der Waals surface area (Å²) in [5.41, 5.74) is 4.32. The molecule has 0 aliphatic heterocycles. The van der Waals surface area contributed by atoms with E-state index in [9.17, 15) is 4.79 Å². The number of hydrogen-bond donors (Lipinski definition) is 1. The molecule has 0 saturated heterocycles. The second-order valence-corrected chi connectivity index (χ2v) is 4.52. The molecule has 0 fully saturated rings. The average molecular weight is 232 g/mol. The molecule has 0 bridgehead atoms. The van der Waals surface area contributed by atoms with Crippen LogP contribution in [-0.4, -0.2) is 20.6 Å². The molecular weight excluding hydrogens is 216 g/mol. The van der Waals surface area contributed by atoms with Crippen molar-refractivity contribution in [3.05, 3.63) is 29.6 Å². The summed E-state index contributed by atoms with van der Waals surface area (Å²) in [7, 11) is 0. The van der Waals surface area contributed by atoms with E-state index in [1.165, 1.54) is 11.1 Å². The zero-order valence-electron chi connectivity index (χ0n) is 10.3. The lowest BCUT2D eigenvalue weighted by Crippen LogP contribution is -2.09. The van der Waals surface area contributed by atoms with E-state index >= 15 is 0 Å². The highest BCUT2D eigenvalue weighted by Crippen LogP contribution is 2.22. The van der Waals surface area contributed by atoms with Crippen LogP contribution in [0.2, 0.25) is 0 Å². The quantitative estimate of drug-likeness (QED) is 0.885. The summed E-state index contributed by atoms with van der Waals surface area (Å²) in [6.07, 6.45) is 1.83. The molecule has 1 N–H and O–H groups in total. The first-order valence-electron chi connectivity index (χ1n) is 5.64. The first kappa shape index (κ1) is 11.6. The summed E-state index contributed by atoms with van der Waals surface area (Å²) >= 11 is 0. The topological polar surface area (TPSA) is 55.1 Å². The summed E-state index contributed by atoms with van der Waals surface area (Å²) in [5.74, 6) is -0.789. The highest BCUT2D eigenvalue weighted by atomic mass is 16.4. The van der Waals surface area contributed by atoms with Gasteiger partial charge in [-0.25, -0.2) is 4.98 Å². The van der Waals surface area contributed by atoms with Crippen LogP contribution in [-0.2, 0) is 4.79 Å². The number of carboxylic acids is 1. The molecule has 1 aromatic carbocycles. The number of aromatic nitrogens is 2. The summed E-state index contributed by atoms with van der Waals surface area (Å²) in [4.78, 5) is 15.0. The normalized spacial score (nSPS) is 12.9. The number of imidazole rings is 1. The van der Waals surface area contributed by atoms with Gasteiger partial charge >= 0.3 is 5.97 Å². The number of carboxylic acid groups (broad SMARTS) is 1. The SMILES string of the molecule is Cc1cc2ncn([C@H](C)CC(=O)O)c2cc1C. The van der Waals surface area contributed by atoms with Gasteiger partial charge in [-0.1, -0.05) is 0 Å². The van der Waals surface area contributed by atoms with Gasteiger partial charge in [0.15, 0.2) is 0 Å². The van der Waals surface area contributed by atoms with Crippen LogP contribution in [0.1, 0.15) is 30.5 Å². The number of carbonyl (C=O) groups is 1. The van der Waals surface area contributed by atoms with E-state index in [4.69, 9.17) is 5.11 Å². The number of rotatable bonds is 3. The third kappa shape index (κ3) is 2.16. The van der Waals surface area contributed by atoms with Crippen LogP contribution in [0.5, 0.6) is 0 Å². The minimum Gasteiger partial charge on any atom is -0.481 e. The molecule has 1 atom stereocenters. The molecule has 0 amide bonds. The Morgan fingerprint density at radius 3 is 2.71 bits per heavy atom. The standard InChI is InChI=1S/C13H16N2O2/c1-8-4-11-12(5-9(8)2)15(7-14-11)10(3)6-13(16)17/h4-5,7,10H,6H2,1-3H3,(H,16,17)/t10-/m1/s1. The van der Waals surface area contributed by atoms with Gasteiger partial charge in [0.25, 0.3) is 0 Å². The van der Waals surface area contributed by atoms with Gasteiger partial charge in [0, 0.05) is 6.04 Å². The smallest absolute Gasteiger partial charge is 0.305 e. The van der Waals surface area contributed by atoms with E-state index in [0.29, 0.717) is 0 Å². The average Bonchev–Trinajstić information content (AvgIpc) is 2.60. The van der Waals surface area contributed by atoms with Crippen molar-refractivity contribution in [3.8, 4) is 0 Å². The molecule has 1 aromatic heterocycles. The highest BCUT2D eigenvalue weighted by Gasteiger charge is 2.13. The van der Waals surface area contributed by atoms with E-state index in [-0.39, 0.29) is 12.5 Å². The molecule has 0 aliphatic carbocycles. The van der Waals surface area contributed by atoms with Crippen LogP contribution in [0.25, 0.3) is 11.0 Å². The van der Waals surface area contributed by atoms with Crippen molar-refractivity contribution >= 4 is 17.0 Å². The Balaban J connectivity index is 2.48. The van der Waals surface area contributed by atoms with Crippen LogP contribution in [0, 0.1) is 13.8 Å². The maximum absolute atomic E-state index is 10.7. The second kappa shape index (κ2) is 4.20. The molecule has 0 aliphatic rings. The van der Waals surface area contributed by atoms with E-state index in [1.807, 2.05) is 24.5 Å². The molecule has 4 heteroatoms. The number of hydrogen-bond acceptors (Lipinski definition) is 2. The van der Waals surface area contributed by atoms with Gasteiger partial charge in [0.05, 0.1) is 23.8 Å². The predicted molar refractivity (Wildman–Crippen MR) is 66.2 cm³/mol. The predicted octanol–water partition coefficient (Wildman–Crippen LogP) is 2.69. The minimum atomic E-state index is -0.789. The van der Waals surface area contributed by atoms with E-state index in [1.54, 1.807) is 6.33 Å². The van der Waals surface area contributed by atoms with Crippen molar-refractivity contribution in [1.82, 2.24) is 9.55 Å². The molecule has 2 rings (SSSR count). The van der Waals surface area contributed by atoms with Gasteiger partial charge in [-0.15, -0.1) is 0 Å². The fraction of sp³-hybridized carbons (Fsp3) is 0.385. The van der Waals surface area contributed by atoms with Crippen LogP contribution >= 0.6 is 0 Å². The van der Waals surface area contributed by atoms with E-state index in [0.717, 1.165) is 11.0 Å². The first-order chi connectivity index (χ1) is 7.99. The Kier molecular flexibility index (Phi) is 2.88. The van der Waals surface area contributed by atoms with Gasteiger partial charge in [0.2, 0.25) is 0 Å². The number of nitrogens with zero attached hydrogens (tertiary/aromatic N) is 2. The maximum atomic E-state index is 10.7. The van der Waals surface area contributed by atoms with Crippen LogP contribution in [0.4, 0.5) is 0 Å². The minimum absolute atomic E-state index is 0.0837. The Labute approximate surface area is 99.9 Å². The first-order valence-corrected chi connectivity index (χ1v) is 5.64. The van der Waals surface area contributed by atoms with Gasteiger partial charge in [-0.2, -0.15) is 0 Å². The molecular formula is C13H16N2O2. The summed E-state index contributed by atoms with van der Waals surface area (Å²) in [6.45, 7) is 5.99. The third-order valence-corrected chi connectivity index (χ3v) is 3.14. The Morgan fingerprint density at radius 2 is 2.06 bits per heavy atom. The molecule has 4 nitrogen and oxygen atoms in total. The van der Waals surface area contributed by atoms with Gasteiger partial charge in [-0.3, -0.25) is 4.79 Å². The van der Waals surface area contributed by atoms with Gasteiger partial charge in [0.1, 0.15) is 0 Å². The fourth-order valence-electron chi connectivity index (χ4n) is 1.98. The Bertz CT molecular complexity index is 572. The lowest BCUT2D eigenvalue weighted by atomic mass is 10.1. The molecule has 0 unspecified atom stereocenters. The van der Waals surface area contributed by atoms with Crippen molar-refractivity contribution in [3.63, 3.8) is 0 Å². The lowest BCUT2D eigenvalue weighted by molar-refractivity contribution is -0.137. The molecule has 0 radical (unpaired) electrons. The number of benzene rings is 1. The molecule has 0 saturated carbocycles. The van der Waals surface area contributed by atoms with E-state index in [2.05, 4.69) is 18.0 Å². The summed E-state index contributed by atoms with van der Waals surface area (Å²) in [5, 5.41) is 8.82. The number of aryl methyl sites for hydroxylation is 2.